The zero-order valence-corrected chi connectivity index (χ0v) is 17.1. The molecule has 0 fully saturated rings. The van der Waals surface area contributed by atoms with Gasteiger partial charge in [-0.15, -0.1) is 11.8 Å². The summed E-state index contributed by atoms with van der Waals surface area (Å²) < 4.78 is 6.72. The summed E-state index contributed by atoms with van der Waals surface area (Å²) in [5.41, 5.74) is 4.35. The van der Waals surface area contributed by atoms with Crippen LogP contribution in [-0.4, -0.2) is 12.5 Å². The van der Waals surface area contributed by atoms with Gasteiger partial charge in [0.2, 0.25) is 10.8 Å². The number of hydrogen-bond acceptors (Lipinski definition) is 3. The van der Waals surface area contributed by atoms with Crippen LogP contribution in [0, 0.1) is 0 Å². The van der Waals surface area contributed by atoms with E-state index in [1.165, 1.54) is 5.56 Å². The van der Waals surface area contributed by atoms with Crippen LogP contribution in [0.15, 0.2) is 90.5 Å². The molecule has 1 heterocycles. The molecule has 3 aromatic rings. The van der Waals surface area contributed by atoms with E-state index in [0.717, 1.165) is 28.2 Å². The van der Waals surface area contributed by atoms with E-state index < -0.39 is 4.93 Å². The quantitative estimate of drug-likeness (QED) is 0.602. The predicted molar refractivity (Wildman–Crippen MR) is 120 cm³/mol. The normalized spacial score (nSPS) is 17.6. The van der Waals surface area contributed by atoms with E-state index in [1.807, 2.05) is 48.5 Å². The van der Waals surface area contributed by atoms with Gasteiger partial charge in [-0.3, -0.25) is 4.79 Å². The molecule has 0 saturated heterocycles. The molecule has 1 atom stereocenters. The van der Waals surface area contributed by atoms with Gasteiger partial charge >= 0.3 is 0 Å². The Morgan fingerprint density at radius 1 is 0.931 bits per heavy atom. The third kappa shape index (κ3) is 4.22. The Morgan fingerprint density at radius 2 is 1.59 bits per heavy atom. The van der Waals surface area contributed by atoms with Crippen LogP contribution in [0.3, 0.4) is 0 Å². The highest BCUT2D eigenvalue weighted by Crippen LogP contribution is 2.50. The molecule has 29 heavy (non-hydrogen) atoms. The Morgan fingerprint density at radius 3 is 2.31 bits per heavy atom. The fourth-order valence-electron chi connectivity index (χ4n) is 3.45. The maximum absolute atomic E-state index is 11.7. The van der Waals surface area contributed by atoms with E-state index in [4.69, 9.17) is 4.74 Å². The lowest BCUT2D eigenvalue weighted by atomic mass is 9.95. The lowest BCUT2D eigenvalue weighted by Crippen LogP contribution is -2.39. The maximum atomic E-state index is 11.7. The van der Waals surface area contributed by atoms with Crippen LogP contribution < -0.4 is 10.1 Å². The second kappa shape index (κ2) is 8.58. The molecule has 0 radical (unpaired) electrons. The van der Waals surface area contributed by atoms with E-state index >= 15 is 0 Å². The summed E-state index contributed by atoms with van der Waals surface area (Å²) >= 11 is 1.73. The van der Waals surface area contributed by atoms with Crippen LogP contribution in [0.2, 0.25) is 0 Å². The van der Waals surface area contributed by atoms with E-state index in [2.05, 4.69) is 47.8 Å². The SMILES string of the molecule is CC(=O)NCC1=Cc2ccccc2OC1(SCc1ccccc1)c1ccccc1. The van der Waals surface area contributed by atoms with Gasteiger partial charge in [0.05, 0.1) is 0 Å². The summed E-state index contributed by atoms with van der Waals surface area (Å²) in [6.07, 6.45) is 2.15. The molecule has 0 aliphatic carbocycles. The second-order valence-corrected chi connectivity index (χ2v) is 8.13. The van der Waals surface area contributed by atoms with E-state index in [1.54, 1.807) is 18.7 Å². The lowest BCUT2D eigenvalue weighted by Gasteiger charge is -2.40. The number of ether oxygens (including phenoxy) is 1. The van der Waals surface area contributed by atoms with Gasteiger partial charge in [-0.05, 0) is 17.7 Å². The highest BCUT2D eigenvalue weighted by Gasteiger charge is 2.42. The second-order valence-electron chi connectivity index (χ2n) is 6.98. The molecule has 1 aliphatic heterocycles. The van der Waals surface area contributed by atoms with Crippen molar-refractivity contribution in [1.82, 2.24) is 5.32 Å². The van der Waals surface area contributed by atoms with Gasteiger partial charge in [0, 0.05) is 35.9 Å². The van der Waals surface area contributed by atoms with Crippen LogP contribution >= 0.6 is 11.8 Å². The Kier molecular flexibility index (Phi) is 5.72. The minimum absolute atomic E-state index is 0.0558. The van der Waals surface area contributed by atoms with Crippen LogP contribution in [0.4, 0.5) is 0 Å². The summed E-state index contributed by atoms with van der Waals surface area (Å²) in [5.74, 6) is 1.58. The molecule has 146 valence electrons. The fraction of sp³-hybridized carbons (Fsp3) is 0.160. The number of benzene rings is 3. The van der Waals surface area contributed by atoms with Crippen molar-refractivity contribution >= 4 is 23.7 Å². The fourth-order valence-corrected chi connectivity index (χ4v) is 4.78. The molecule has 3 nitrogen and oxygen atoms in total. The van der Waals surface area contributed by atoms with Crippen molar-refractivity contribution in [3.05, 3.63) is 107 Å². The molecule has 1 N–H and O–H groups in total. The topological polar surface area (TPSA) is 38.3 Å². The first-order chi connectivity index (χ1) is 14.2. The van der Waals surface area contributed by atoms with Gasteiger partial charge in [0.15, 0.2) is 0 Å². The molecular weight excluding hydrogens is 378 g/mol. The van der Waals surface area contributed by atoms with Gasteiger partial charge in [-0.1, -0.05) is 78.9 Å². The van der Waals surface area contributed by atoms with Crippen LogP contribution in [0.25, 0.3) is 6.08 Å². The van der Waals surface area contributed by atoms with Crippen LogP contribution in [0.5, 0.6) is 5.75 Å². The third-order valence-electron chi connectivity index (χ3n) is 4.89. The average molecular weight is 402 g/mol. The summed E-state index contributed by atoms with van der Waals surface area (Å²) in [6, 6.07) is 28.7. The molecule has 1 aliphatic rings. The Labute approximate surface area is 175 Å². The van der Waals surface area contributed by atoms with Crippen LogP contribution in [0.1, 0.15) is 23.6 Å². The van der Waals surface area contributed by atoms with Crippen molar-refractivity contribution in [2.45, 2.75) is 17.6 Å². The van der Waals surface area contributed by atoms with Gasteiger partial charge in [0.25, 0.3) is 0 Å². The van der Waals surface area contributed by atoms with Crippen molar-refractivity contribution < 1.29 is 9.53 Å². The van der Waals surface area contributed by atoms with E-state index in [9.17, 15) is 4.79 Å². The number of para-hydroxylation sites is 1. The number of carbonyl (C=O) groups is 1. The lowest BCUT2D eigenvalue weighted by molar-refractivity contribution is -0.118. The minimum Gasteiger partial charge on any atom is -0.468 e. The van der Waals surface area contributed by atoms with Gasteiger partial charge in [-0.2, -0.15) is 0 Å². The number of carbonyl (C=O) groups excluding carboxylic acids is 1. The zero-order chi connectivity index (χ0) is 20.1. The van der Waals surface area contributed by atoms with E-state index in [-0.39, 0.29) is 5.91 Å². The highest BCUT2D eigenvalue weighted by molar-refractivity contribution is 7.99. The van der Waals surface area contributed by atoms with Gasteiger partial charge in [-0.25, -0.2) is 0 Å². The number of thioether (sulfide) groups is 1. The summed E-state index contributed by atoms with van der Waals surface area (Å²) in [6.45, 7) is 1.97. The molecular formula is C25H23NO2S. The molecule has 0 bridgehead atoms. The Bertz CT molecular complexity index is 1020. The summed E-state index contributed by atoms with van der Waals surface area (Å²) in [7, 11) is 0. The highest BCUT2D eigenvalue weighted by atomic mass is 32.2. The maximum Gasteiger partial charge on any atom is 0.217 e. The average Bonchev–Trinajstić information content (AvgIpc) is 2.77. The van der Waals surface area contributed by atoms with E-state index in [0.29, 0.717) is 6.54 Å². The largest absolute Gasteiger partial charge is 0.468 e. The molecule has 0 spiro atoms. The number of nitrogens with one attached hydrogen (secondary N) is 1. The number of fused-ring (bicyclic) bond motifs is 1. The van der Waals surface area contributed by atoms with Gasteiger partial charge < -0.3 is 10.1 Å². The molecule has 4 heteroatoms. The molecule has 4 rings (SSSR count). The molecule has 1 unspecified atom stereocenters. The molecule has 1 amide bonds. The van der Waals surface area contributed by atoms with Crippen molar-refractivity contribution in [3.63, 3.8) is 0 Å². The number of rotatable bonds is 6. The Balaban J connectivity index is 1.79. The summed E-state index contributed by atoms with van der Waals surface area (Å²) in [5, 5.41) is 2.97. The first-order valence-electron chi connectivity index (χ1n) is 9.64. The standard InChI is InChI=1S/C25H23NO2S/c1-19(27)26-17-23-16-21-12-8-9-15-24(21)28-25(23,22-13-6-3-7-14-22)29-18-20-10-4-2-5-11-20/h2-16H,17-18H2,1H3,(H,26,27). The Hall–Kier alpha value is -2.98. The zero-order valence-electron chi connectivity index (χ0n) is 16.3. The summed E-state index contributed by atoms with van der Waals surface area (Å²) in [4.78, 5) is 11.0. The van der Waals surface area contributed by atoms with Gasteiger partial charge in [0.1, 0.15) is 5.75 Å². The number of amides is 1. The monoisotopic (exact) mass is 401 g/mol. The first-order valence-corrected chi connectivity index (χ1v) is 10.6. The smallest absolute Gasteiger partial charge is 0.217 e. The van der Waals surface area contributed by atoms with Crippen molar-refractivity contribution in [2.24, 2.45) is 0 Å². The van der Waals surface area contributed by atoms with Crippen molar-refractivity contribution in [2.75, 3.05) is 6.54 Å². The first kappa shape index (κ1) is 19.3. The van der Waals surface area contributed by atoms with Crippen LogP contribution in [-0.2, 0) is 15.5 Å². The minimum atomic E-state index is -0.714. The van der Waals surface area contributed by atoms with Crippen molar-refractivity contribution in [3.8, 4) is 5.75 Å². The molecule has 0 saturated carbocycles. The number of hydrogen-bond donors (Lipinski definition) is 1. The predicted octanol–water partition coefficient (Wildman–Crippen LogP) is 5.38. The van der Waals surface area contributed by atoms with Crippen molar-refractivity contribution in [1.29, 1.82) is 0 Å². The molecule has 3 aromatic carbocycles. The third-order valence-corrected chi connectivity index (χ3v) is 6.36. The molecule has 0 aromatic heterocycles.